The molecular formula is C23H46ClNO3. The predicted octanol–water partition coefficient (Wildman–Crippen LogP) is 5.99. The maximum Gasteiger partial charge on any atom is 0.147 e. The Kier molecular flexibility index (Phi) is 22.6. The molecular weight excluding hydrogens is 374 g/mol. The van der Waals surface area contributed by atoms with E-state index in [4.69, 9.17) is 0 Å². The molecule has 0 heterocycles. The van der Waals surface area contributed by atoms with E-state index in [1.54, 1.807) is 13.8 Å². The third-order valence-corrected chi connectivity index (χ3v) is 5.04. The standard InChI is InChI=1S/C23H45NO3.ClH/c1-4-5-6-7-8-9-10-11-12-13-14-15-16-17-18-19-23(27)20-24(21(2)25)22(3)26;/h11-12,21-22,25-26H,4-10,13-20H2,1-3H3;1H. The second kappa shape index (κ2) is 21.3. The molecule has 0 aliphatic carbocycles. The maximum atomic E-state index is 11.9. The molecule has 2 atom stereocenters. The van der Waals surface area contributed by atoms with E-state index in [1.165, 1.54) is 75.5 Å². The molecule has 5 heteroatoms. The Bertz CT molecular complexity index is 365. The molecule has 0 aliphatic heterocycles. The van der Waals surface area contributed by atoms with Crippen molar-refractivity contribution in [3.05, 3.63) is 12.2 Å². The number of carbonyl (C=O) groups excluding carboxylic acids is 1. The summed E-state index contributed by atoms with van der Waals surface area (Å²) >= 11 is 0. The molecule has 2 unspecified atom stereocenters. The molecule has 0 radical (unpaired) electrons. The number of nitrogens with zero attached hydrogens (tertiary/aromatic N) is 1. The summed E-state index contributed by atoms with van der Waals surface area (Å²) in [5, 5.41) is 19.1. The molecule has 0 saturated heterocycles. The Morgan fingerprint density at radius 2 is 1.21 bits per heavy atom. The second-order valence-electron chi connectivity index (χ2n) is 7.81. The van der Waals surface area contributed by atoms with Crippen molar-refractivity contribution in [3.8, 4) is 0 Å². The van der Waals surface area contributed by atoms with Gasteiger partial charge in [-0.25, -0.2) is 4.90 Å². The lowest BCUT2D eigenvalue weighted by atomic mass is 10.1. The van der Waals surface area contributed by atoms with E-state index in [-0.39, 0.29) is 24.7 Å². The highest BCUT2D eigenvalue weighted by molar-refractivity contribution is 5.85. The first-order chi connectivity index (χ1) is 13.0. The fourth-order valence-electron chi connectivity index (χ4n) is 3.25. The lowest BCUT2D eigenvalue weighted by Crippen LogP contribution is -2.43. The van der Waals surface area contributed by atoms with Crippen molar-refractivity contribution in [3.63, 3.8) is 0 Å². The van der Waals surface area contributed by atoms with Gasteiger partial charge >= 0.3 is 0 Å². The predicted molar refractivity (Wildman–Crippen MR) is 122 cm³/mol. The Morgan fingerprint density at radius 3 is 1.68 bits per heavy atom. The molecule has 0 rings (SSSR count). The van der Waals surface area contributed by atoms with Crippen LogP contribution in [0.15, 0.2) is 12.2 Å². The van der Waals surface area contributed by atoms with E-state index in [1.807, 2.05) is 0 Å². The van der Waals surface area contributed by atoms with E-state index in [2.05, 4.69) is 19.1 Å². The molecule has 0 spiro atoms. The van der Waals surface area contributed by atoms with Gasteiger partial charge in [0.05, 0.1) is 6.54 Å². The van der Waals surface area contributed by atoms with Crippen LogP contribution in [-0.2, 0) is 4.79 Å². The third-order valence-electron chi connectivity index (χ3n) is 5.04. The lowest BCUT2D eigenvalue weighted by Gasteiger charge is -2.27. The number of carbonyl (C=O) groups is 1. The third kappa shape index (κ3) is 18.9. The van der Waals surface area contributed by atoms with Gasteiger partial charge in [0, 0.05) is 6.42 Å². The van der Waals surface area contributed by atoms with Crippen molar-refractivity contribution in [2.24, 2.45) is 0 Å². The van der Waals surface area contributed by atoms with Crippen LogP contribution in [-0.4, -0.2) is 39.9 Å². The van der Waals surface area contributed by atoms with Gasteiger partial charge < -0.3 is 10.2 Å². The molecule has 0 saturated carbocycles. The van der Waals surface area contributed by atoms with E-state index in [0.717, 1.165) is 12.8 Å². The van der Waals surface area contributed by atoms with Crippen LogP contribution in [0.5, 0.6) is 0 Å². The molecule has 0 bridgehead atoms. The first-order valence-electron chi connectivity index (χ1n) is 11.3. The van der Waals surface area contributed by atoms with Crippen LogP contribution >= 0.6 is 12.4 Å². The van der Waals surface area contributed by atoms with Crippen molar-refractivity contribution < 1.29 is 15.0 Å². The van der Waals surface area contributed by atoms with Gasteiger partial charge in [-0.1, -0.05) is 70.4 Å². The number of ketones is 1. The summed E-state index contributed by atoms with van der Waals surface area (Å²) < 4.78 is 0. The van der Waals surface area contributed by atoms with Crippen molar-refractivity contribution >= 4 is 18.2 Å². The van der Waals surface area contributed by atoms with Crippen LogP contribution in [0, 0.1) is 0 Å². The van der Waals surface area contributed by atoms with Crippen LogP contribution in [0.1, 0.15) is 111 Å². The second-order valence-corrected chi connectivity index (χ2v) is 7.81. The Morgan fingerprint density at radius 1 is 0.786 bits per heavy atom. The number of allylic oxidation sites excluding steroid dienone is 2. The average molecular weight is 420 g/mol. The van der Waals surface area contributed by atoms with Crippen molar-refractivity contribution in [2.75, 3.05) is 6.54 Å². The average Bonchev–Trinajstić information content (AvgIpc) is 2.62. The van der Waals surface area contributed by atoms with Gasteiger partial charge in [0.15, 0.2) is 0 Å². The van der Waals surface area contributed by atoms with Gasteiger partial charge in [-0.2, -0.15) is 0 Å². The van der Waals surface area contributed by atoms with E-state index in [9.17, 15) is 15.0 Å². The summed E-state index contributed by atoms with van der Waals surface area (Å²) in [6.45, 7) is 5.52. The molecule has 0 aromatic rings. The molecule has 0 amide bonds. The van der Waals surface area contributed by atoms with E-state index >= 15 is 0 Å². The fourth-order valence-corrected chi connectivity index (χ4v) is 3.25. The van der Waals surface area contributed by atoms with E-state index < -0.39 is 12.5 Å². The number of Topliss-reactive ketones (excluding diaryl/α,β-unsaturated/α-hetero) is 1. The highest BCUT2D eigenvalue weighted by atomic mass is 35.5. The molecule has 0 fully saturated rings. The van der Waals surface area contributed by atoms with Crippen LogP contribution in [0.2, 0.25) is 0 Å². The molecule has 0 aliphatic rings. The van der Waals surface area contributed by atoms with Gasteiger partial charge in [-0.3, -0.25) is 4.79 Å². The topological polar surface area (TPSA) is 60.8 Å². The van der Waals surface area contributed by atoms with Gasteiger partial charge in [-0.15, -0.1) is 12.4 Å². The monoisotopic (exact) mass is 419 g/mol. The fraction of sp³-hybridized carbons (Fsp3) is 0.870. The first-order valence-corrected chi connectivity index (χ1v) is 11.3. The van der Waals surface area contributed by atoms with Crippen molar-refractivity contribution in [2.45, 2.75) is 123 Å². The molecule has 0 aromatic carbocycles. The zero-order valence-electron chi connectivity index (χ0n) is 18.6. The Hall–Kier alpha value is -0.420. The minimum Gasteiger partial charge on any atom is -0.379 e. The summed E-state index contributed by atoms with van der Waals surface area (Å²) in [5.41, 5.74) is 0. The van der Waals surface area contributed by atoms with Gasteiger partial charge in [0.2, 0.25) is 0 Å². The minimum absolute atomic E-state index is 0. The van der Waals surface area contributed by atoms with Gasteiger partial charge in [0.25, 0.3) is 0 Å². The summed E-state index contributed by atoms with van der Waals surface area (Å²) in [6, 6.07) is 0. The number of unbranched alkanes of at least 4 members (excludes halogenated alkanes) is 11. The highest BCUT2D eigenvalue weighted by Gasteiger charge is 2.18. The van der Waals surface area contributed by atoms with Crippen molar-refractivity contribution in [1.82, 2.24) is 4.90 Å². The van der Waals surface area contributed by atoms with E-state index in [0.29, 0.717) is 6.42 Å². The Balaban J connectivity index is 0. The molecule has 0 aromatic heterocycles. The largest absolute Gasteiger partial charge is 0.379 e. The summed E-state index contributed by atoms with van der Waals surface area (Å²) in [7, 11) is 0. The van der Waals surface area contributed by atoms with Gasteiger partial charge in [0.1, 0.15) is 18.2 Å². The van der Waals surface area contributed by atoms with Crippen LogP contribution < -0.4 is 0 Å². The normalized spacial score (nSPS) is 13.6. The molecule has 28 heavy (non-hydrogen) atoms. The molecule has 168 valence electrons. The zero-order chi connectivity index (χ0) is 20.3. The molecule has 2 N–H and O–H groups in total. The maximum absolute atomic E-state index is 11.9. The van der Waals surface area contributed by atoms with Crippen LogP contribution in [0.25, 0.3) is 0 Å². The summed E-state index contributed by atoms with van der Waals surface area (Å²) in [6.07, 6.45) is 19.8. The highest BCUT2D eigenvalue weighted by Crippen LogP contribution is 2.11. The number of aliphatic hydroxyl groups is 2. The summed E-state index contributed by atoms with van der Waals surface area (Å²) in [5.74, 6) is 0.0921. The molecule has 4 nitrogen and oxygen atoms in total. The van der Waals surface area contributed by atoms with Crippen LogP contribution in [0.3, 0.4) is 0 Å². The number of halogens is 1. The number of aliphatic hydroxyl groups excluding tert-OH is 2. The van der Waals surface area contributed by atoms with Gasteiger partial charge in [-0.05, 0) is 46.0 Å². The van der Waals surface area contributed by atoms with Crippen LogP contribution in [0.4, 0.5) is 0 Å². The summed E-state index contributed by atoms with van der Waals surface area (Å²) in [4.78, 5) is 13.3. The lowest BCUT2D eigenvalue weighted by molar-refractivity contribution is -0.131. The number of hydrogen-bond acceptors (Lipinski definition) is 4. The number of rotatable bonds is 19. The Labute approximate surface area is 180 Å². The smallest absolute Gasteiger partial charge is 0.147 e. The number of hydrogen-bond donors (Lipinski definition) is 2. The first kappa shape index (κ1) is 29.8. The SMILES string of the molecule is CCCCCCCCC=CCCCCCCCC(=O)CN(C(C)O)C(C)O.Cl. The minimum atomic E-state index is -0.803. The van der Waals surface area contributed by atoms with Crippen molar-refractivity contribution in [1.29, 1.82) is 0 Å². The zero-order valence-corrected chi connectivity index (χ0v) is 19.4. The quantitative estimate of drug-likeness (QED) is 0.153.